The summed E-state index contributed by atoms with van der Waals surface area (Å²) in [6.07, 6.45) is 0.985. The normalized spacial score (nSPS) is 18.3. The lowest BCUT2D eigenvalue weighted by molar-refractivity contribution is -0.115. The molecule has 1 aromatic carbocycles. The van der Waals surface area contributed by atoms with Gasteiger partial charge in [-0.15, -0.1) is 10.2 Å². The number of benzene rings is 1. The van der Waals surface area contributed by atoms with Crippen molar-refractivity contribution in [3.8, 4) is 5.69 Å². The molecule has 0 aliphatic carbocycles. The number of aromatic nitrogens is 4. The van der Waals surface area contributed by atoms with Crippen LogP contribution in [0.4, 0.5) is 5.69 Å². The molecule has 0 bridgehead atoms. The molecule has 1 saturated heterocycles. The van der Waals surface area contributed by atoms with Gasteiger partial charge in [-0.3, -0.25) is 14.3 Å². The molecule has 0 saturated carbocycles. The first-order valence-electron chi connectivity index (χ1n) is 10.5. The predicted octanol–water partition coefficient (Wildman–Crippen LogP) is 1.96. The molecule has 0 radical (unpaired) electrons. The van der Waals surface area contributed by atoms with Crippen LogP contribution in [0.15, 0.2) is 44.8 Å². The Labute approximate surface area is 195 Å². The number of anilines is 1. The summed E-state index contributed by atoms with van der Waals surface area (Å²) in [5, 5.41) is 10.3. The summed E-state index contributed by atoms with van der Waals surface area (Å²) in [5.74, 6) is 0.287. The van der Waals surface area contributed by atoms with Crippen LogP contribution in [-0.2, 0) is 28.1 Å². The molecule has 12 heteroatoms. The molecule has 1 aliphatic heterocycles. The summed E-state index contributed by atoms with van der Waals surface area (Å²) in [7, 11) is -1.21. The van der Waals surface area contributed by atoms with Crippen LogP contribution in [0.5, 0.6) is 0 Å². The van der Waals surface area contributed by atoms with Crippen molar-refractivity contribution in [2.75, 3.05) is 16.8 Å². The van der Waals surface area contributed by atoms with Gasteiger partial charge in [0.25, 0.3) is 10.8 Å². The summed E-state index contributed by atoms with van der Waals surface area (Å²) >= 11 is 1.08. The van der Waals surface area contributed by atoms with Gasteiger partial charge >= 0.3 is 0 Å². The van der Waals surface area contributed by atoms with E-state index in [1.54, 1.807) is 25.6 Å². The molecule has 1 aliphatic rings. The molecule has 0 spiro atoms. The number of nitrogens with one attached hydrogen (secondary N) is 1. The Morgan fingerprint density at radius 1 is 1.30 bits per heavy atom. The average Bonchev–Trinajstić information content (AvgIpc) is 3.42. The summed E-state index contributed by atoms with van der Waals surface area (Å²) in [4.78, 5) is 25.8. The predicted molar refractivity (Wildman–Crippen MR) is 124 cm³/mol. The zero-order valence-corrected chi connectivity index (χ0v) is 20.1. The minimum absolute atomic E-state index is 0.0261. The van der Waals surface area contributed by atoms with Gasteiger partial charge in [0.05, 0.1) is 28.1 Å². The molecule has 0 unspecified atom stereocenters. The number of carbonyl (C=O) groups excluding carboxylic acids is 1. The first-order valence-corrected chi connectivity index (χ1v) is 13.2. The van der Waals surface area contributed by atoms with Gasteiger partial charge in [-0.25, -0.2) is 13.1 Å². The van der Waals surface area contributed by atoms with E-state index < -0.39 is 15.1 Å². The van der Waals surface area contributed by atoms with Crippen LogP contribution in [-0.4, -0.2) is 50.6 Å². The summed E-state index contributed by atoms with van der Waals surface area (Å²) in [5.41, 5.74) is 1.22. The third-order valence-corrected chi connectivity index (χ3v) is 8.46. The second-order valence-corrected chi connectivity index (χ2v) is 11.6. The quantitative estimate of drug-likeness (QED) is 0.497. The van der Waals surface area contributed by atoms with Gasteiger partial charge in [0.15, 0.2) is 9.84 Å². The van der Waals surface area contributed by atoms with Crippen LogP contribution >= 0.6 is 11.8 Å². The van der Waals surface area contributed by atoms with E-state index >= 15 is 0 Å². The smallest absolute Gasteiger partial charge is 0.295 e. The number of carbonyl (C=O) groups is 1. The molecular formula is C21H25N5O5S2. The van der Waals surface area contributed by atoms with E-state index in [1.165, 1.54) is 4.68 Å². The lowest BCUT2D eigenvalue weighted by Crippen LogP contribution is -2.27. The van der Waals surface area contributed by atoms with Crippen LogP contribution in [0, 0.1) is 12.8 Å². The van der Waals surface area contributed by atoms with E-state index in [0.29, 0.717) is 30.1 Å². The maximum Gasteiger partial charge on any atom is 0.295 e. The summed E-state index contributed by atoms with van der Waals surface area (Å²) in [6, 6.07) is 9.18. The van der Waals surface area contributed by atoms with Gasteiger partial charge in [-0.2, -0.15) is 0 Å². The fourth-order valence-corrected chi connectivity index (χ4v) is 6.35. The molecule has 1 N–H and O–H groups in total. The van der Waals surface area contributed by atoms with Gasteiger partial charge in [-0.05, 0) is 38.3 Å². The van der Waals surface area contributed by atoms with Gasteiger partial charge in [0.1, 0.15) is 5.69 Å². The third-order valence-electron chi connectivity index (χ3n) is 5.69. The molecule has 1 fully saturated rings. The zero-order chi connectivity index (χ0) is 23.8. The summed E-state index contributed by atoms with van der Waals surface area (Å²) in [6.45, 7) is 3.45. The molecule has 10 nitrogen and oxygen atoms in total. The maximum atomic E-state index is 13.0. The van der Waals surface area contributed by atoms with Crippen molar-refractivity contribution in [3.05, 3.63) is 52.3 Å². The Morgan fingerprint density at radius 3 is 2.70 bits per heavy atom. The zero-order valence-electron chi connectivity index (χ0n) is 18.5. The Bertz CT molecular complexity index is 1330. The van der Waals surface area contributed by atoms with Crippen molar-refractivity contribution in [2.45, 2.75) is 37.2 Å². The average molecular weight is 492 g/mol. The molecular weight excluding hydrogens is 466 g/mol. The number of rotatable bonds is 7. The van der Waals surface area contributed by atoms with Crippen molar-refractivity contribution in [1.29, 1.82) is 0 Å². The Balaban J connectivity index is 1.42. The minimum atomic E-state index is -2.97. The molecule has 33 heavy (non-hydrogen) atoms. The van der Waals surface area contributed by atoms with Crippen molar-refractivity contribution in [3.63, 3.8) is 0 Å². The molecule has 3 heterocycles. The van der Waals surface area contributed by atoms with Crippen LogP contribution in [0.2, 0.25) is 0 Å². The number of hydrogen-bond acceptors (Lipinski definition) is 8. The fraction of sp³-hybridized carbons (Fsp3) is 0.429. The second kappa shape index (κ2) is 9.18. The van der Waals surface area contributed by atoms with Crippen LogP contribution < -0.4 is 10.9 Å². The number of hydrogen-bond donors (Lipinski definition) is 1. The topological polar surface area (TPSA) is 129 Å². The number of thioether (sulfide) groups is 1. The van der Waals surface area contributed by atoms with Gasteiger partial charge < -0.3 is 9.73 Å². The standard InChI is InChI=1S/C21H25N5O5S2/c1-13-18(20(28)26(25(13)3)16-7-5-4-6-8-16)22-19(27)14(2)32-21-24-23-17(31-21)11-15-9-10-33(29,30)12-15/h4-8,14-15H,9-12H2,1-3H3,(H,22,27)/t14-,15+/m0/s1. The van der Waals surface area contributed by atoms with E-state index in [1.807, 2.05) is 30.3 Å². The Hall–Kier alpha value is -2.86. The molecule has 3 aromatic rings. The highest BCUT2D eigenvalue weighted by Crippen LogP contribution is 2.26. The Morgan fingerprint density at radius 2 is 2.03 bits per heavy atom. The first-order chi connectivity index (χ1) is 15.6. The number of nitrogens with zero attached hydrogens (tertiary/aromatic N) is 4. The van der Waals surface area contributed by atoms with Crippen molar-refractivity contribution < 1.29 is 17.6 Å². The third kappa shape index (κ3) is 5.06. The largest absolute Gasteiger partial charge is 0.416 e. The van der Waals surface area contributed by atoms with Gasteiger partial charge in [0.2, 0.25) is 11.8 Å². The van der Waals surface area contributed by atoms with E-state index in [-0.39, 0.29) is 39.8 Å². The lowest BCUT2D eigenvalue weighted by atomic mass is 10.1. The van der Waals surface area contributed by atoms with Crippen molar-refractivity contribution >= 4 is 33.2 Å². The minimum Gasteiger partial charge on any atom is -0.416 e. The van der Waals surface area contributed by atoms with Crippen LogP contribution in [0.1, 0.15) is 24.9 Å². The van der Waals surface area contributed by atoms with Crippen molar-refractivity contribution in [2.24, 2.45) is 13.0 Å². The highest BCUT2D eigenvalue weighted by Gasteiger charge is 2.30. The number of sulfone groups is 1. The first kappa shape index (κ1) is 23.3. The van der Waals surface area contributed by atoms with E-state index in [9.17, 15) is 18.0 Å². The number of amides is 1. The molecule has 4 rings (SSSR count). The molecule has 176 valence electrons. The van der Waals surface area contributed by atoms with Gasteiger partial charge in [0, 0.05) is 13.5 Å². The Kier molecular flexibility index (Phi) is 6.48. The highest BCUT2D eigenvalue weighted by atomic mass is 32.2. The second-order valence-electron chi connectivity index (χ2n) is 8.12. The van der Waals surface area contributed by atoms with Crippen LogP contribution in [0.25, 0.3) is 5.69 Å². The van der Waals surface area contributed by atoms with E-state index in [4.69, 9.17) is 4.42 Å². The maximum absolute atomic E-state index is 13.0. The van der Waals surface area contributed by atoms with Crippen molar-refractivity contribution in [1.82, 2.24) is 19.6 Å². The van der Waals surface area contributed by atoms with Crippen LogP contribution in [0.3, 0.4) is 0 Å². The van der Waals surface area contributed by atoms with E-state index in [2.05, 4.69) is 15.5 Å². The fourth-order valence-electron chi connectivity index (χ4n) is 3.79. The highest BCUT2D eigenvalue weighted by molar-refractivity contribution is 8.00. The summed E-state index contributed by atoms with van der Waals surface area (Å²) < 4.78 is 32.0. The van der Waals surface area contributed by atoms with E-state index in [0.717, 1.165) is 11.8 Å². The monoisotopic (exact) mass is 491 g/mol. The lowest BCUT2D eigenvalue weighted by Gasteiger charge is -2.09. The molecule has 2 atom stereocenters. The SMILES string of the molecule is Cc1c(NC(=O)[C@H](C)Sc2nnc(C[C@H]3CCS(=O)(=O)C3)o2)c(=O)n(-c2ccccc2)n1C. The molecule has 2 aromatic heterocycles. The van der Waals surface area contributed by atoms with Gasteiger partial charge in [-0.1, -0.05) is 30.0 Å². The number of para-hydroxylation sites is 1. The molecule has 1 amide bonds.